The zero-order valence-corrected chi connectivity index (χ0v) is 10.7. The van der Waals surface area contributed by atoms with Crippen LogP contribution >= 0.6 is 11.8 Å². The molecule has 1 heterocycles. The van der Waals surface area contributed by atoms with E-state index in [4.69, 9.17) is 10.5 Å². The Morgan fingerprint density at radius 1 is 1.33 bits per heavy atom. The van der Waals surface area contributed by atoms with Crippen molar-refractivity contribution in [3.8, 4) is 12.1 Å². The molecule has 1 aromatic carbocycles. The molecule has 0 aliphatic carbocycles. The van der Waals surface area contributed by atoms with Gasteiger partial charge in [0.1, 0.15) is 17.7 Å². The average molecular weight is 253 g/mol. The van der Waals surface area contributed by atoms with Gasteiger partial charge in [0.15, 0.2) is 0 Å². The van der Waals surface area contributed by atoms with E-state index >= 15 is 0 Å². The minimum Gasteiger partial charge on any atom is -0.335 e. The van der Waals surface area contributed by atoms with Gasteiger partial charge in [-0.1, -0.05) is 23.9 Å². The number of nitrogens with zero attached hydrogens (tertiary/aromatic N) is 3. The van der Waals surface area contributed by atoms with E-state index < -0.39 is 0 Å². The Hall–Kier alpha value is -2.17. The number of benzene rings is 1. The molecule has 0 radical (unpaired) electrons. The molecule has 0 saturated heterocycles. The number of nitriles is 2. The maximum absolute atomic E-state index is 8.71. The van der Waals surface area contributed by atoms with Crippen molar-refractivity contribution in [2.24, 2.45) is 0 Å². The highest BCUT2D eigenvalue weighted by Gasteiger charge is 2.22. The third-order valence-electron chi connectivity index (χ3n) is 2.59. The van der Waals surface area contributed by atoms with Crippen LogP contribution in [-0.2, 0) is 0 Å². The summed E-state index contributed by atoms with van der Waals surface area (Å²) < 4.78 is 0. The summed E-state index contributed by atoms with van der Waals surface area (Å²) in [7, 11) is 0. The van der Waals surface area contributed by atoms with Gasteiger partial charge in [-0.25, -0.2) is 0 Å². The first-order valence-corrected chi connectivity index (χ1v) is 6.38. The molecular formula is C14H11N3S. The first-order valence-electron chi connectivity index (χ1n) is 5.56. The van der Waals surface area contributed by atoms with Crippen molar-refractivity contribution < 1.29 is 0 Å². The maximum atomic E-state index is 8.71. The molecule has 0 atom stereocenters. The van der Waals surface area contributed by atoms with Crippen molar-refractivity contribution in [3.63, 3.8) is 0 Å². The number of fused-ring (bicyclic) bond motifs is 1. The molecule has 0 N–H and O–H groups in total. The molecule has 0 spiro atoms. The lowest BCUT2D eigenvalue weighted by Crippen LogP contribution is -2.16. The second-order valence-electron chi connectivity index (χ2n) is 3.62. The molecule has 1 aliphatic heterocycles. The van der Waals surface area contributed by atoms with Crippen LogP contribution in [-0.4, -0.2) is 6.54 Å². The first kappa shape index (κ1) is 12.3. The van der Waals surface area contributed by atoms with E-state index in [2.05, 4.69) is 24.0 Å². The van der Waals surface area contributed by atoms with Crippen LogP contribution in [0.25, 0.3) is 0 Å². The molecule has 0 fully saturated rings. The number of hydrogen-bond acceptors (Lipinski definition) is 4. The summed E-state index contributed by atoms with van der Waals surface area (Å²) in [4.78, 5) is 3.37. The van der Waals surface area contributed by atoms with Gasteiger partial charge < -0.3 is 4.90 Å². The number of anilines is 1. The van der Waals surface area contributed by atoms with E-state index in [9.17, 15) is 0 Å². The average Bonchev–Trinajstić information content (AvgIpc) is 2.77. The van der Waals surface area contributed by atoms with Crippen LogP contribution in [0, 0.1) is 22.7 Å². The summed E-state index contributed by atoms with van der Waals surface area (Å²) >= 11 is 1.66. The summed E-state index contributed by atoms with van der Waals surface area (Å²) in [5.74, 6) is 0. The van der Waals surface area contributed by atoms with Crippen LogP contribution in [0.4, 0.5) is 5.69 Å². The highest BCUT2D eigenvalue weighted by Crippen LogP contribution is 2.45. The lowest BCUT2D eigenvalue weighted by atomic mass is 10.3. The molecule has 0 saturated carbocycles. The molecule has 0 aromatic heterocycles. The third kappa shape index (κ3) is 2.25. The fourth-order valence-electron chi connectivity index (χ4n) is 1.76. The summed E-state index contributed by atoms with van der Waals surface area (Å²) in [6.07, 6.45) is 3.40. The Balaban J connectivity index is 2.34. The van der Waals surface area contributed by atoms with E-state index in [1.54, 1.807) is 17.8 Å². The van der Waals surface area contributed by atoms with Crippen molar-refractivity contribution in [2.75, 3.05) is 11.4 Å². The van der Waals surface area contributed by atoms with Gasteiger partial charge in [0.25, 0.3) is 0 Å². The number of allylic oxidation sites excluding steroid dienone is 3. The van der Waals surface area contributed by atoms with Gasteiger partial charge in [0.2, 0.25) is 0 Å². The second-order valence-corrected chi connectivity index (χ2v) is 4.69. The molecule has 4 heteroatoms. The van der Waals surface area contributed by atoms with Gasteiger partial charge in [-0.2, -0.15) is 10.5 Å². The van der Waals surface area contributed by atoms with Crippen molar-refractivity contribution in [3.05, 3.63) is 47.0 Å². The van der Waals surface area contributed by atoms with Crippen LogP contribution in [0.15, 0.2) is 51.9 Å². The molecule has 18 heavy (non-hydrogen) atoms. The van der Waals surface area contributed by atoms with Gasteiger partial charge in [-0.15, -0.1) is 0 Å². The van der Waals surface area contributed by atoms with Gasteiger partial charge >= 0.3 is 0 Å². The minimum absolute atomic E-state index is 0.120. The summed E-state index contributed by atoms with van der Waals surface area (Å²) in [6.45, 7) is 2.94. The predicted molar refractivity (Wildman–Crippen MR) is 72.7 cm³/mol. The lowest BCUT2D eigenvalue weighted by Gasteiger charge is -2.17. The Labute approximate surface area is 111 Å². The van der Waals surface area contributed by atoms with Gasteiger partial charge in [-0.3, -0.25) is 0 Å². The Kier molecular flexibility index (Phi) is 3.72. The van der Waals surface area contributed by atoms with Crippen molar-refractivity contribution >= 4 is 17.4 Å². The molecule has 2 rings (SSSR count). The highest BCUT2D eigenvalue weighted by molar-refractivity contribution is 8.03. The minimum atomic E-state index is 0.120. The maximum Gasteiger partial charge on any atom is 0.129 e. The zero-order valence-electron chi connectivity index (χ0n) is 9.92. The molecule has 88 valence electrons. The first-order chi connectivity index (χ1) is 8.80. The molecule has 3 nitrogen and oxygen atoms in total. The van der Waals surface area contributed by atoms with Crippen molar-refractivity contribution in [1.82, 2.24) is 0 Å². The van der Waals surface area contributed by atoms with Crippen LogP contribution in [0.2, 0.25) is 0 Å². The molecule has 0 unspecified atom stereocenters. The van der Waals surface area contributed by atoms with Gasteiger partial charge in [-0.05, 0) is 31.2 Å². The van der Waals surface area contributed by atoms with Gasteiger partial charge in [0.05, 0.1) is 10.7 Å². The fraction of sp³-hybridized carbons (Fsp3) is 0.143. The van der Waals surface area contributed by atoms with Crippen LogP contribution < -0.4 is 4.90 Å². The molecule has 0 amide bonds. The van der Waals surface area contributed by atoms with Crippen LogP contribution in [0.3, 0.4) is 0 Å². The summed E-state index contributed by atoms with van der Waals surface area (Å²) in [6, 6.07) is 11.9. The van der Waals surface area contributed by atoms with E-state index in [1.165, 1.54) is 10.6 Å². The fourth-order valence-corrected chi connectivity index (χ4v) is 2.89. The van der Waals surface area contributed by atoms with Gasteiger partial charge in [0, 0.05) is 11.4 Å². The Morgan fingerprint density at radius 3 is 2.72 bits per heavy atom. The number of rotatable bonds is 2. The summed E-state index contributed by atoms with van der Waals surface area (Å²) in [5, 5.41) is 18.5. The largest absolute Gasteiger partial charge is 0.335 e. The zero-order chi connectivity index (χ0) is 13.0. The number of hydrogen-bond donors (Lipinski definition) is 0. The number of para-hydroxylation sites is 1. The Bertz CT molecular complexity index is 586. The number of thioether (sulfide) groups is 1. The normalized spacial score (nSPS) is 14.8. The van der Waals surface area contributed by atoms with Crippen molar-refractivity contribution in [1.29, 1.82) is 10.5 Å². The standard InChI is InChI=1S/C14H11N3S/c1-2-17-12-5-3-4-6-13(12)18-14(17)8-7-11(9-15)10-16/h3-8H,2H2,1H3. The lowest BCUT2D eigenvalue weighted by molar-refractivity contribution is 1.00. The monoisotopic (exact) mass is 253 g/mol. The van der Waals surface area contributed by atoms with Crippen LogP contribution in [0.5, 0.6) is 0 Å². The summed E-state index contributed by atoms with van der Waals surface area (Å²) in [5.41, 5.74) is 1.30. The second kappa shape index (κ2) is 5.44. The molecule has 0 bridgehead atoms. The SMILES string of the molecule is CCN1C(=CC=C(C#N)C#N)Sc2ccccc21. The van der Waals surface area contributed by atoms with E-state index in [0.717, 1.165) is 11.6 Å². The van der Waals surface area contributed by atoms with Crippen LogP contribution in [0.1, 0.15) is 6.92 Å². The molecule has 1 aliphatic rings. The third-order valence-corrected chi connectivity index (χ3v) is 3.72. The molecule has 1 aromatic rings. The topological polar surface area (TPSA) is 50.8 Å². The van der Waals surface area contributed by atoms with E-state index in [1.807, 2.05) is 30.3 Å². The van der Waals surface area contributed by atoms with E-state index in [0.29, 0.717) is 0 Å². The Morgan fingerprint density at radius 2 is 2.06 bits per heavy atom. The molecular weight excluding hydrogens is 242 g/mol. The smallest absolute Gasteiger partial charge is 0.129 e. The van der Waals surface area contributed by atoms with Crippen molar-refractivity contribution in [2.45, 2.75) is 11.8 Å². The quantitative estimate of drug-likeness (QED) is 0.758. The predicted octanol–water partition coefficient (Wildman–Crippen LogP) is 3.43. The highest BCUT2D eigenvalue weighted by atomic mass is 32.2. The van der Waals surface area contributed by atoms with E-state index in [-0.39, 0.29) is 5.57 Å².